The first-order chi connectivity index (χ1) is 8.91. The highest BCUT2D eigenvalue weighted by Crippen LogP contribution is 2.19. The second kappa shape index (κ2) is 5.22. The van der Waals surface area contributed by atoms with Crippen LogP contribution in [0.5, 0.6) is 0 Å². The molecule has 0 aliphatic heterocycles. The highest BCUT2D eigenvalue weighted by molar-refractivity contribution is 6.33. The maximum Gasteiger partial charge on any atom is 0.273 e. The molecule has 0 atom stereocenters. The standard InChI is InChI=1S/C11H13Cl2N5O/c1-16(6-9-7(12)4-14-17(9)2)11(19)10-8(13)5-15-18(10)3/h4-5H,6H2,1-3H3. The minimum absolute atomic E-state index is 0.220. The van der Waals surface area contributed by atoms with Gasteiger partial charge >= 0.3 is 0 Å². The zero-order valence-corrected chi connectivity index (χ0v) is 12.3. The maximum atomic E-state index is 12.3. The Morgan fingerprint density at radius 3 is 2.26 bits per heavy atom. The number of aryl methyl sites for hydroxylation is 2. The van der Waals surface area contributed by atoms with Crippen molar-refractivity contribution in [2.75, 3.05) is 7.05 Å². The van der Waals surface area contributed by atoms with E-state index in [4.69, 9.17) is 23.2 Å². The van der Waals surface area contributed by atoms with Crippen molar-refractivity contribution in [1.82, 2.24) is 24.5 Å². The van der Waals surface area contributed by atoms with Gasteiger partial charge in [-0.05, 0) is 0 Å². The quantitative estimate of drug-likeness (QED) is 0.867. The average molecular weight is 302 g/mol. The molecule has 102 valence electrons. The fourth-order valence-corrected chi connectivity index (χ4v) is 2.21. The lowest BCUT2D eigenvalue weighted by molar-refractivity contribution is 0.0771. The molecule has 8 heteroatoms. The number of halogens is 2. The molecule has 2 aromatic rings. The number of carbonyl (C=O) groups is 1. The van der Waals surface area contributed by atoms with Gasteiger partial charge < -0.3 is 4.90 Å². The molecule has 0 radical (unpaired) electrons. The van der Waals surface area contributed by atoms with Gasteiger partial charge in [0.15, 0.2) is 0 Å². The van der Waals surface area contributed by atoms with Crippen molar-refractivity contribution in [2.24, 2.45) is 14.1 Å². The van der Waals surface area contributed by atoms with Gasteiger partial charge in [0, 0.05) is 21.1 Å². The van der Waals surface area contributed by atoms with Crippen LogP contribution in [0.2, 0.25) is 10.0 Å². The van der Waals surface area contributed by atoms with Gasteiger partial charge in [0.2, 0.25) is 0 Å². The van der Waals surface area contributed by atoms with E-state index >= 15 is 0 Å². The van der Waals surface area contributed by atoms with Crippen molar-refractivity contribution in [3.05, 3.63) is 33.8 Å². The number of amides is 1. The van der Waals surface area contributed by atoms with Crippen LogP contribution in [-0.2, 0) is 20.6 Å². The van der Waals surface area contributed by atoms with Gasteiger partial charge in [-0.3, -0.25) is 14.2 Å². The Labute approximate surface area is 120 Å². The molecule has 0 bridgehead atoms. The van der Waals surface area contributed by atoms with E-state index in [1.54, 1.807) is 32.0 Å². The van der Waals surface area contributed by atoms with E-state index in [1.165, 1.54) is 15.8 Å². The molecule has 6 nitrogen and oxygen atoms in total. The van der Waals surface area contributed by atoms with E-state index in [1.807, 2.05) is 0 Å². The summed E-state index contributed by atoms with van der Waals surface area (Å²) in [4.78, 5) is 13.8. The summed E-state index contributed by atoms with van der Waals surface area (Å²) >= 11 is 12.0. The smallest absolute Gasteiger partial charge is 0.273 e. The van der Waals surface area contributed by atoms with Crippen molar-refractivity contribution in [3.8, 4) is 0 Å². The summed E-state index contributed by atoms with van der Waals surface area (Å²) in [7, 11) is 5.12. The van der Waals surface area contributed by atoms with Gasteiger partial charge in [-0.25, -0.2) is 0 Å². The molecule has 0 N–H and O–H groups in total. The first kappa shape index (κ1) is 13.9. The van der Waals surface area contributed by atoms with Crippen LogP contribution in [0.15, 0.2) is 12.4 Å². The summed E-state index contributed by atoms with van der Waals surface area (Å²) in [5.74, 6) is -0.220. The molecule has 0 fully saturated rings. The van der Waals surface area contributed by atoms with Crippen molar-refractivity contribution in [1.29, 1.82) is 0 Å². The lowest BCUT2D eigenvalue weighted by atomic mass is 10.3. The highest BCUT2D eigenvalue weighted by Gasteiger charge is 2.21. The fraction of sp³-hybridized carbons (Fsp3) is 0.364. The molecule has 0 aromatic carbocycles. The van der Waals surface area contributed by atoms with Gasteiger partial charge in [0.25, 0.3) is 5.91 Å². The van der Waals surface area contributed by atoms with Crippen LogP contribution in [0.25, 0.3) is 0 Å². The van der Waals surface area contributed by atoms with Crippen LogP contribution in [-0.4, -0.2) is 37.4 Å². The summed E-state index contributed by atoms with van der Waals surface area (Å²) in [6, 6.07) is 0. The molecule has 19 heavy (non-hydrogen) atoms. The van der Waals surface area contributed by atoms with E-state index in [0.29, 0.717) is 22.3 Å². The second-order valence-corrected chi connectivity index (χ2v) is 5.00. The topological polar surface area (TPSA) is 56.0 Å². The van der Waals surface area contributed by atoms with Gasteiger partial charge in [0.1, 0.15) is 5.69 Å². The van der Waals surface area contributed by atoms with Crippen LogP contribution in [0.4, 0.5) is 0 Å². The van der Waals surface area contributed by atoms with E-state index < -0.39 is 0 Å². The molecular weight excluding hydrogens is 289 g/mol. The third kappa shape index (κ3) is 2.59. The first-order valence-corrected chi connectivity index (χ1v) is 6.26. The Hall–Kier alpha value is -1.53. The Morgan fingerprint density at radius 2 is 1.79 bits per heavy atom. The zero-order valence-electron chi connectivity index (χ0n) is 10.8. The minimum atomic E-state index is -0.220. The fourth-order valence-electron chi connectivity index (χ4n) is 1.74. The maximum absolute atomic E-state index is 12.3. The lowest BCUT2D eigenvalue weighted by Crippen LogP contribution is -2.29. The van der Waals surface area contributed by atoms with E-state index in [2.05, 4.69) is 10.2 Å². The van der Waals surface area contributed by atoms with Crippen molar-refractivity contribution >= 4 is 29.1 Å². The Bertz CT molecular complexity index is 580. The van der Waals surface area contributed by atoms with Crippen LogP contribution in [0.1, 0.15) is 16.2 Å². The third-order valence-corrected chi connectivity index (χ3v) is 3.43. The number of hydrogen-bond donors (Lipinski definition) is 0. The molecule has 0 saturated carbocycles. The van der Waals surface area contributed by atoms with Crippen LogP contribution < -0.4 is 0 Å². The number of carbonyl (C=O) groups excluding carboxylic acids is 1. The van der Waals surface area contributed by atoms with Gasteiger partial charge in [-0.1, -0.05) is 23.2 Å². The molecule has 2 aromatic heterocycles. The molecule has 0 aliphatic carbocycles. The Balaban J connectivity index is 2.21. The van der Waals surface area contributed by atoms with Gasteiger partial charge in [0.05, 0.1) is 34.7 Å². The SMILES string of the molecule is CN(Cc1c(Cl)cnn1C)C(=O)c1c(Cl)cnn1C. The molecule has 1 amide bonds. The summed E-state index contributed by atoms with van der Waals surface area (Å²) < 4.78 is 3.09. The van der Waals surface area contributed by atoms with E-state index in [0.717, 1.165) is 5.69 Å². The summed E-state index contributed by atoms with van der Waals surface area (Å²) in [6.45, 7) is 0.343. The van der Waals surface area contributed by atoms with Gasteiger partial charge in [-0.15, -0.1) is 0 Å². The Morgan fingerprint density at radius 1 is 1.21 bits per heavy atom. The largest absolute Gasteiger partial charge is 0.334 e. The first-order valence-electron chi connectivity index (χ1n) is 5.51. The van der Waals surface area contributed by atoms with Crippen molar-refractivity contribution in [3.63, 3.8) is 0 Å². The van der Waals surface area contributed by atoms with Crippen LogP contribution >= 0.6 is 23.2 Å². The Kier molecular flexibility index (Phi) is 3.82. The molecule has 0 saturated heterocycles. The summed E-state index contributed by atoms with van der Waals surface area (Å²) in [5.41, 5.74) is 1.11. The van der Waals surface area contributed by atoms with E-state index in [9.17, 15) is 4.79 Å². The minimum Gasteiger partial charge on any atom is -0.334 e. The predicted molar refractivity (Wildman–Crippen MR) is 72.2 cm³/mol. The molecule has 0 aliphatic rings. The number of aromatic nitrogens is 4. The van der Waals surface area contributed by atoms with Crippen molar-refractivity contribution < 1.29 is 4.79 Å². The average Bonchev–Trinajstić information content (AvgIpc) is 2.85. The lowest BCUT2D eigenvalue weighted by Gasteiger charge is -2.17. The normalized spacial score (nSPS) is 10.8. The second-order valence-electron chi connectivity index (χ2n) is 4.19. The number of hydrogen-bond acceptors (Lipinski definition) is 3. The highest BCUT2D eigenvalue weighted by atomic mass is 35.5. The van der Waals surface area contributed by atoms with Crippen LogP contribution in [0.3, 0.4) is 0 Å². The van der Waals surface area contributed by atoms with E-state index in [-0.39, 0.29) is 5.91 Å². The third-order valence-electron chi connectivity index (χ3n) is 2.84. The monoisotopic (exact) mass is 301 g/mol. The number of rotatable bonds is 3. The molecule has 0 spiro atoms. The summed E-state index contributed by atoms with van der Waals surface area (Å²) in [5, 5.41) is 8.83. The number of nitrogens with zero attached hydrogens (tertiary/aromatic N) is 5. The summed E-state index contributed by atoms with van der Waals surface area (Å²) in [6.07, 6.45) is 2.99. The van der Waals surface area contributed by atoms with Crippen molar-refractivity contribution in [2.45, 2.75) is 6.54 Å². The molecule has 0 unspecified atom stereocenters. The molecule has 2 rings (SSSR count). The molecular formula is C11H13Cl2N5O. The predicted octanol–water partition coefficient (Wildman–Crippen LogP) is 1.73. The van der Waals surface area contributed by atoms with Gasteiger partial charge in [-0.2, -0.15) is 10.2 Å². The zero-order chi connectivity index (χ0) is 14.2. The molecule has 2 heterocycles. The van der Waals surface area contributed by atoms with Crippen LogP contribution in [0, 0.1) is 0 Å².